The van der Waals surface area contributed by atoms with E-state index in [2.05, 4.69) is 5.32 Å². The molecule has 6 nitrogen and oxygen atoms in total. The van der Waals surface area contributed by atoms with Crippen LogP contribution in [-0.2, 0) is 4.79 Å². The molecule has 6 heteroatoms. The monoisotopic (exact) mass is 223 g/mol. The Balaban J connectivity index is 2.95. The Labute approximate surface area is 92.6 Å². The predicted molar refractivity (Wildman–Crippen MR) is 60.1 cm³/mol. The van der Waals surface area contributed by atoms with Crippen LogP contribution in [0.4, 0.5) is 11.4 Å². The molecule has 0 aliphatic heterocycles. The normalized spacial score (nSPS) is 11.9. The zero-order chi connectivity index (χ0) is 12.3. The molecule has 0 bridgehead atoms. The highest BCUT2D eigenvalue weighted by atomic mass is 16.6. The Morgan fingerprint density at radius 3 is 2.69 bits per heavy atom. The van der Waals surface area contributed by atoms with Crippen molar-refractivity contribution in [1.82, 2.24) is 0 Å². The minimum atomic E-state index is -0.567. The molecule has 0 spiro atoms. The zero-order valence-corrected chi connectivity index (χ0v) is 9.06. The van der Waals surface area contributed by atoms with Gasteiger partial charge in [0.05, 0.1) is 4.92 Å². The average molecular weight is 223 g/mol. The van der Waals surface area contributed by atoms with Gasteiger partial charge >= 0.3 is 0 Å². The van der Waals surface area contributed by atoms with Crippen molar-refractivity contribution in [1.29, 1.82) is 0 Å². The Kier molecular flexibility index (Phi) is 3.44. The third kappa shape index (κ3) is 2.69. The van der Waals surface area contributed by atoms with Crippen molar-refractivity contribution >= 4 is 17.3 Å². The van der Waals surface area contributed by atoms with Gasteiger partial charge in [-0.3, -0.25) is 14.9 Å². The second-order valence-electron chi connectivity index (χ2n) is 3.53. The number of aryl methyl sites for hydroxylation is 1. The second kappa shape index (κ2) is 4.61. The number of carbonyl (C=O) groups excluding carboxylic acids is 1. The number of hydrogen-bond donors (Lipinski definition) is 2. The number of primary amides is 1. The number of amides is 1. The second-order valence-corrected chi connectivity index (χ2v) is 3.53. The van der Waals surface area contributed by atoms with Crippen LogP contribution in [0, 0.1) is 17.0 Å². The maximum atomic E-state index is 10.8. The lowest BCUT2D eigenvalue weighted by molar-refractivity contribution is -0.385. The van der Waals surface area contributed by atoms with Crippen molar-refractivity contribution in [3.63, 3.8) is 0 Å². The Hall–Kier alpha value is -2.11. The van der Waals surface area contributed by atoms with Crippen LogP contribution >= 0.6 is 0 Å². The molecule has 0 aromatic heterocycles. The standard InChI is InChI=1S/C10H13N3O3/c1-6-3-4-8(5-9(6)13(15)16)12-7(2)10(11)14/h3-5,7,12H,1-2H3,(H2,11,14). The number of nitrogens with two attached hydrogens (primary N) is 1. The lowest BCUT2D eigenvalue weighted by Crippen LogP contribution is -2.32. The summed E-state index contributed by atoms with van der Waals surface area (Å²) < 4.78 is 0. The first-order valence-corrected chi connectivity index (χ1v) is 4.72. The number of nitrogens with zero attached hydrogens (tertiary/aromatic N) is 1. The number of carbonyl (C=O) groups is 1. The summed E-state index contributed by atoms with van der Waals surface area (Å²) in [5, 5.41) is 13.5. The molecule has 1 atom stereocenters. The van der Waals surface area contributed by atoms with Crippen molar-refractivity contribution in [2.45, 2.75) is 19.9 Å². The molecular weight excluding hydrogens is 210 g/mol. The summed E-state index contributed by atoms with van der Waals surface area (Å²) in [4.78, 5) is 21.0. The van der Waals surface area contributed by atoms with E-state index < -0.39 is 16.9 Å². The van der Waals surface area contributed by atoms with Crippen LogP contribution in [0.5, 0.6) is 0 Å². The summed E-state index contributed by atoms with van der Waals surface area (Å²) in [5.41, 5.74) is 6.17. The highest BCUT2D eigenvalue weighted by Gasteiger charge is 2.13. The number of nitro benzene ring substituents is 1. The van der Waals surface area contributed by atoms with E-state index in [0.717, 1.165) is 0 Å². The molecule has 1 aromatic rings. The van der Waals surface area contributed by atoms with Gasteiger partial charge in [0.2, 0.25) is 5.91 Å². The van der Waals surface area contributed by atoms with Crippen LogP contribution in [0.1, 0.15) is 12.5 Å². The van der Waals surface area contributed by atoms with Gasteiger partial charge in [-0.05, 0) is 19.9 Å². The summed E-state index contributed by atoms with van der Waals surface area (Å²) in [6.07, 6.45) is 0. The van der Waals surface area contributed by atoms with E-state index in [4.69, 9.17) is 5.73 Å². The van der Waals surface area contributed by atoms with Gasteiger partial charge in [-0.25, -0.2) is 0 Å². The predicted octanol–water partition coefficient (Wildman–Crippen LogP) is 1.19. The van der Waals surface area contributed by atoms with Crippen molar-refractivity contribution in [3.05, 3.63) is 33.9 Å². The fraction of sp³-hybridized carbons (Fsp3) is 0.300. The van der Waals surface area contributed by atoms with E-state index in [9.17, 15) is 14.9 Å². The molecule has 16 heavy (non-hydrogen) atoms. The van der Waals surface area contributed by atoms with Gasteiger partial charge < -0.3 is 11.1 Å². The van der Waals surface area contributed by atoms with Crippen molar-refractivity contribution < 1.29 is 9.72 Å². The van der Waals surface area contributed by atoms with E-state index in [-0.39, 0.29) is 5.69 Å². The third-order valence-corrected chi connectivity index (χ3v) is 2.22. The minimum Gasteiger partial charge on any atom is -0.374 e. The quantitative estimate of drug-likeness (QED) is 0.591. The van der Waals surface area contributed by atoms with Crippen molar-refractivity contribution in [3.8, 4) is 0 Å². The maximum absolute atomic E-state index is 10.8. The van der Waals surface area contributed by atoms with Crippen LogP contribution in [0.2, 0.25) is 0 Å². The van der Waals surface area contributed by atoms with E-state index >= 15 is 0 Å². The fourth-order valence-corrected chi connectivity index (χ4v) is 1.22. The molecule has 0 aliphatic carbocycles. The summed E-state index contributed by atoms with van der Waals surface area (Å²) >= 11 is 0. The molecule has 0 saturated carbocycles. The summed E-state index contributed by atoms with van der Waals surface area (Å²) in [6.45, 7) is 3.24. The summed E-state index contributed by atoms with van der Waals surface area (Å²) in [7, 11) is 0. The van der Waals surface area contributed by atoms with Gasteiger partial charge in [0.15, 0.2) is 0 Å². The van der Waals surface area contributed by atoms with Crippen LogP contribution in [0.3, 0.4) is 0 Å². The SMILES string of the molecule is Cc1ccc(NC(C)C(N)=O)cc1[N+](=O)[O-]. The molecule has 1 aromatic carbocycles. The topological polar surface area (TPSA) is 98.3 Å². The third-order valence-electron chi connectivity index (χ3n) is 2.22. The molecule has 0 fully saturated rings. The van der Waals surface area contributed by atoms with Crippen LogP contribution in [-0.4, -0.2) is 16.9 Å². The number of hydrogen-bond acceptors (Lipinski definition) is 4. The van der Waals surface area contributed by atoms with Gasteiger partial charge in [-0.1, -0.05) is 6.07 Å². The van der Waals surface area contributed by atoms with E-state index in [1.165, 1.54) is 6.07 Å². The van der Waals surface area contributed by atoms with E-state index in [1.54, 1.807) is 26.0 Å². The Morgan fingerprint density at radius 1 is 1.56 bits per heavy atom. The first kappa shape index (κ1) is 12.0. The van der Waals surface area contributed by atoms with Gasteiger partial charge in [-0.15, -0.1) is 0 Å². The number of anilines is 1. The first-order chi connectivity index (χ1) is 7.41. The van der Waals surface area contributed by atoms with Crippen LogP contribution in [0.15, 0.2) is 18.2 Å². The largest absolute Gasteiger partial charge is 0.374 e. The fourth-order valence-electron chi connectivity index (χ4n) is 1.22. The smallest absolute Gasteiger partial charge is 0.274 e. The first-order valence-electron chi connectivity index (χ1n) is 4.72. The molecule has 1 unspecified atom stereocenters. The summed E-state index contributed by atoms with van der Waals surface area (Å²) in [6, 6.07) is 4.10. The molecule has 86 valence electrons. The van der Waals surface area contributed by atoms with Crippen molar-refractivity contribution in [2.24, 2.45) is 5.73 Å². The molecular formula is C10H13N3O3. The molecule has 1 amide bonds. The molecule has 0 heterocycles. The van der Waals surface area contributed by atoms with Gasteiger partial charge in [0, 0.05) is 17.3 Å². The lowest BCUT2D eigenvalue weighted by Gasteiger charge is -2.11. The van der Waals surface area contributed by atoms with E-state index in [0.29, 0.717) is 11.3 Å². The average Bonchev–Trinajstić information content (AvgIpc) is 2.20. The van der Waals surface area contributed by atoms with Gasteiger partial charge in [-0.2, -0.15) is 0 Å². The molecule has 3 N–H and O–H groups in total. The number of rotatable bonds is 4. The van der Waals surface area contributed by atoms with Gasteiger partial charge in [0.25, 0.3) is 5.69 Å². The number of nitrogens with one attached hydrogen (secondary N) is 1. The Morgan fingerprint density at radius 2 is 2.19 bits per heavy atom. The lowest BCUT2D eigenvalue weighted by atomic mass is 10.1. The molecule has 0 aliphatic rings. The molecule has 1 rings (SSSR count). The summed E-state index contributed by atoms with van der Waals surface area (Å²) in [5.74, 6) is -0.511. The Bertz CT molecular complexity index is 431. The zero-order valence-electron chi connectivity index (χ0n) is 9.06. The minimum absolute atomic E-state index is 0.0154. The van der Waals surface area contributed by atoms with Gasteiger partial charge in [0.1, 0.15) is 6.04 Å². The van der Waals surface area contributed by atoms with Crippen LogP contribution in [0.25, 0.3) is 0 Å². The number of benzene rings is 1. The maximum Gasteiger partial charge on any atom is 0.274 e. The number of nitro groups is 1. The highest BCUT2D eigenvalue weighted by molar-refractivity contribution is 5.82. The molecule has 0 saturated heterocycles. The molecule has 0 radical (unpaired) electrons. The van der Waals surface area contributed by atoms with E-state index in [1.807, 2.05) is 0 Å². The van der Waals surface area contributed by atoms with Crippen molar-refractivity contribution in [2.75, 3.05) is 5.32 Å². The van der Waals surface area contributed by atoms with Crippen LogP contribution < -0.4 is 11.1 Å². The highest BCUT2D eigenvalue weighted by Crippen LogP contribution is 2.22.